The van der Waals surface area contributed by atoms with E-state index in [1.54, 1.807) is 4.68 Å². The van der Waals surface area contributed by atoms with Crippen molar-refractivity contribution in [2.45, 2.75) is 12.3 Å². The molecule has 2 rings (SSSR count). The molecule has 1 atom stereocenters. The molecular weight excluding hydrogens is 439 g/mol. The molecule has 8 heteroatoms. The number of aromatic nitrogens is 4. The van der Waals surface area contributed by atoms with Crippen LogP contribution in [0.15, 0.2) is 25.6 Å². The molecule has 90 valence electrons. The molecule has 17 heavy (non-hydrogen) atoms. The minimum absolute atomic E-state index is 0.271. The summed E-state index contributed by atoms with van der Waals surface area (Å²) in [5.74, 6) is 0.593. The van der Waals surface area contributed by atoms with Crippen molar-refractivity contribution in [3.63, 3.8) is 0 Å². The topological polar surface area (TPSA) is 43.6 Å². The van der Waals surface area contributed by atoms with E-state index >= 15 is 0 Å². The zero-order valence-electron chi connectivity index (χ0n) is 8.53. The summed E-state index contributed by atoms with van der Waals surface area (Å²) in [6.45, 7) is 1.82. The highest BCUT2D eigenvalue weighted by Crippen LogP contribution is 2.34. The number of tetrazole rings is 1. The molecule has 1 heterocycles. The first kappa shape index (κ1) is 13.5. The van der Waals surface area contributed by atoms with E-state index in [0.29, 0.717) is 5.82 Å². The van der Waals surface area contributed by atoms with Crippen molar-refractivity contribution in [2.24, 2.45) is 0 Å². The Bertz CT molecular complexity index is 532. The zero-order valence-corrected chi connectivity index (χ0v) is 14.0. The third-order valence-corrected chi connectivity index (χ3v) is 3.90. The van der Waals surface area contributed by atoms with Crippen molar-refractivity contribution in [3.8, 4) is 5.69 Å². The molecule has 4 nitrogen and oxygen atoms in total. The molecule has 0 aliphatic carbocycles. The van der Waals surface area contributed by atoms with Gasteiger partial charge in [0.2, 0.25) is 0 Å². The van der Waals surface area contributed by atoms with E-state index in [-0.39, 0.29) is 5.38 Å². The third kappa shape index (κ3) is 2.72. The van der Waals surface area contributed by atoms with Crippen LogP contribution >= 0.6 is 59.4 Å². The fourth-order valence-corrected chi connectivity index (χ4v) is 4.07. The lowest BCUT2D eigenvalue weighted by Gasteiger charge is -2.10. The molecule has 0 aliphatic heterocycles. The predicted molar refractivity (Wildman–Crippen MR) is 76.5 cm³/mol. The lowest BCUT2D eigenvalue weighted by Crippen LogP contribution is -2.05. The Hall–Kier alpha value is 0.0200. The van der Waals surface area contributed by atoms with Gasteiger partial charge < -0.3 is 0 Å². The van der Waals surface area contributed by atoms with Crippen LogP contribution in [-0.4, -0.2) is 20.2 Å². The van der Waals surface area contributed by atoms with Crippen LogP contribution < -0.4 is 0 Å². The van der Waals surface area contributed by atoms with Crippen molar-refractivity contribution in [2.75, 3.05) is 0 Å². The van der Waals surface area contributed by atoms with Crippen LogP contribution in [0.4, 0.5) is 0 Å². The molecule has 0 fully saturated rings. The Morgan fingerprint density at radius 1 is 1.24 bits per heavy atom. The van der Waals surface area contributed by atoms with Gasteiger partial charge in [-0.15, -0.1) is 16.7 Å². The molecular formula is C9H6Br3ClN4. The minimum Gasteiger partial charge on any atom is -0.194 e. The second-order valence-corrected chi connectivity index (χ2v) is 6.56. The van der Waals surface area contributed by atoms with Crippen molar-refractivity contribution in [3.05, 3.63) is 31.4 Å². The fourth-order valence-electron chi connectivity index (χ4n) is 1.34. The first-order valence-corrected chi connectivity index (χ1v) is 7.39. The Labute approximate surface area is 128 Å². The van der Waals surface area contributed by atoms with Gasteiger partial charge in [0.1, 0.15) is 0 Å². The maximum absolute atomic E-state index is 6.03. The van der Waals surface area contributed by atoms with Gasteiger partial charge >= 0.3 is 0 Å². The summed E-state index contributed by atoms with van der Waals surface area (Å²) in [6.07, 6.45) is 0. The molecule has 0 saturated carbocycles. The summed E-state index contributed by atoms with van der Waals surface area (Å²) in [5, 5.41) is 11.2. The number of hydrogen-bond donors (Lipinski definition) is 0. The summed E-state index contributed by atoms with van der Waals surface area (Å²) in [5.41, 5.74) is 0.820. The smallest absolute Gasteiger partial charge is 0.174 e. The van der Waals surface area contributed by atoms with E-state index < -0.39 is 0 Å². The molecule has 1 aromatic carbocycles. The number of hydrogen-bond acceptors (Lipinski definition) is 3. The molecule has 0 N–H and O–H groups in total. The monoisotopic (exact) mass is 442 g/mol. The molecule has 1 aromatic heterocycles. The van der Waals surface area contributed by atoms with E-state index in [0.717, 1.165) is 19.1 Å². The van der Waals surface area contributed by atoms with Crippen molar-refractivity contribution < 1.29 is 0 Å². The van der Waals surface area contributed by atoms with E-state index in [1.165, 1.54) is 0 Å². The van der Waals surface area contributed by atoms with Gasteiger partial charge in [0.15, 0.2) is 5.82 Å². The molecule has 0 radical (unpaired) electrons. The van der Waals surface area contributed by atoms with Gasteiger partial charge in [0.25, 0.3) is 0 Å². The zero-order chi connectivity index (χ0) is 12.6. The lowest BCUT2D eigenvalue weighted by atomic mass is 10.3. The van der Waals surface area contributed by atoms with Gasteiger partial charge in [-0.3, -0.25) is 0 Å². The molecule has 2 aromatic rings. The second-order valence-electron chi connectivity index (χ2n) is 3.28. The maximum Gasteiger partial charge on any atom is 0.174 e. The summed E-state index contributed by atoms with van der Waals surface area (Å²) in [7, 11) is 0. The van der Waals surface area contributed by atoms with Crippen LogP contribution in [0.5, 0.6) is 0 Å². The number of alkyl halides is 1. The normalized spacial score (nSPS) is 12.8. The van der Waals surface area contributed by atoms with Gasteiger partial charge in [-0.05, 0) is 61.3 Å². The predicted octanol–water partition coefficient (Wildman–Crippen LogP) is 4.25. The van der Waals surface area contributed by atoms with Crippen LogP contribution in [0, 0.1) is 0 Å². The number of nitrogens with zero attached hydrogens (tertiary/aromatic N) is 4. The Balaban J connectivity index is 2.64. The van der Waals surface area contributed by atoms with Gasteiger partial charge in [0.05, 0.1) is 11.1 Å². The standard InChI is InChI=1S/C9H6Br3ClN4/c1-4(13)9-14-15-16-17(9)8-6(11)2-5(10)3-7(8)12/h2-4H,1H3. The van der Waals surface area contributed by atoms with Gasteiger partial charge in [-0.1, -0.05) is 15.9 Å². The highest BCUT2D eigenvalue weighted by atomic mass is 79.9. The van der Waals surface area contributed by atoms with E-state index in [4.69, 9.17) is 11.6 Å². The molecule has 0 saturated heterocycles. The summed E-state index contributed by atoms with van der Waals surface area (Å²) < 4.78 is 4.29. The summed E-state index contributed by atoms with van der Waals surface area (Å²) in [4.78, 5) is 0. The fraction of sp³-hybridized carbons (Fsp3) is 0.222. The molecule has 0 aliphatic rings. The lowest BCUT2D eigenvalue weighted by molar-refractivity contribution is 0.755. The summed E-state index contributed by atoms with van der Waals surface area (Å²) >= 11 is 16.4. The van der Waals surface area contributed by atoms with Crippen LogP contribution in [0.25, 0.3) is 5.69 Å². The number of halogens is 4. The molecule has 0 spiro atoms. The summed E-state index contributed by atoms with van der Waals surface area (Å²) in [6, 6.07) is 3.84. The highest BCUT2D eigenvalue weighted by molar-refractivity contribution is 9.11. The van der Waals surface area contributed by atoms with Gasteiger partial charge in [-0.2, -0.15) is 4.68 Å². The minimum atomic E-state index is -0.271. The van der Waals surface area contributed by atoms with Crippen LogP contribution in [0.3, 0.4) is 0 Å². The van der Waals surface area contributed by atoms with Crippen molar-refractivity contribution >= 4 is 59.4 Å². The highest BCUT2D eigenvalue weighted by Gasteiger charge is 2.18. The molecule has 0 bridgehead atoms. The van der Waals surface area contributed by atoms with Crippen molar-refractivity contribution in [1.29, 1.82) is 0 Å². The SMILES string of the molecule is CC(Cl)c1nnnn1-c1c(Br)cc(Br)cc1Br. The van der Waals surface area contributed by atoms with Crippen LogP contribution in [0.1, 0.15) is 18.1 Å². The second kappa shape index (κ2) is 5.34. The Morgan fingerprint density at radius 3 is 2.35 bits per heavy atom. The average molecular weight is 445 g/mol. The first-order valence-electron chi connectivity index (χ1n) is 4.58. The quantitative estimate of drug-likeness (QED) is 0.650. The van der Waals surface area contributed by atoms with E-state index in [1.807, 2.05) is 19.1 Å². The van der Waals surface area contributed by atoms with Gasteiger partial charge in [0, 0.05) is 13.4 Å². The van der Waals surface area contributed by atoms with E-state index in [2.05, 4.69) is 63.3 Å². The van der Waals surface area contributed by atoms with E-state index in [9.17, 15) is 0 Å². The average Bonchev–Trinajstić information content (AvgIpc) is 2.64. The molecule has 0 amide bonds. The van der Waals surface area contributed by atoms with Crippen LogP contribution in [0.2, 0.25) is 0 Å². The van der Waals surface area contributed by atoms with Gasteiger partial charge in [-0.25, -0.2) is 0 Å². The molecule has 1 unspecified atom stereocenters. The third-order valence-electron chi connectivity index (χ3n) is 2.04. The first-order chi connectivity index (χ1) is 8.00. The van der Waals surface area contributed by atoms with Crippen LogP contribution in [-0.2, 0) is 0 Å². The van der Waals surface area contributed by atoms with Crippen molar-refractivity contribution in [1.82, 2.24) is 20.2 Å². The largest absolute Gasteiger partial charge is 0.194 e. The maximum atomic E-state index is 6.03. The number of benzene rings is 1. The Kier molecular flexibility index (Phi) is 4.22. The number of rotatable bonds is 2. The Morgan fingerprint density at radius 2 is 1.82 bits per heavy atom.